The van der Waals surface area contributed by atoms with Crippen LogP contribution < -0.4 is 0 Å². The molecule has 0 bridgehead atoms. The molecule has 0 saturated heterocycles. The lowest BCUT2D eigenvalue weighted by atomic mass is 10.1. The third-order valence-corrected chi connectivity index (χ3v) is 2.41. The lowest BCUT2D eigenvalue weighted by molar-refractivity contribution is -0.136. The minimum Gasteiger partial charge on any atom is -0.481 e. The average molecular weight is 239 g/mol. The second-order valence-electron chi connectivity index (χ2n) is 3.52. The van der Waals surface area contributed by atoms with E-state index in [1.54, 1.807) is 0 Å². The summed E-state index contributed by atoms with van der Waals surface area (Å²) in [4.78, 5) is 10.4. The molecule has 0 unspecified atom stereocenters. The van der Waals surface area contributed by atoms with E-state index in [0.717, 1.165) is 17.5 Å². The van der Waals surface area contributed by atoms with Crippen LogP contribution in [0.4, 0.5) is 0 Å². The van der Waals surface area contributed by atoms with Gasteiger partial charge < -0.3 is 5.11 Å². The van der Waals surface area contributed by atoms with Crippen molar-refractivity contribution in [2.75, 3.05) is 5.88 Å². The van der Waals surface area contributed by atoms with Gasteiger partial charge in [0.25, 0.3) is 0 Å². The summed E-state index contributed by atoms with van der Waals surface area (Å²) in [7, 11) is 0. The smallest absolute Gasteiger partial charge is 0.303 e. The van der Waals surface area contributed by atoms with Crippen LogP contribution in [0.15, 0.2) is 30.3 Å². The van der Waals surface area contributed by atoms with Crippen molar-refractivity contribution < 1.29 is 9.90 Å². The van der Waals surface area contributed by atoms with Gasteiger partial charge in [-0.05, 0) is 24.0 Å². The molecule has 0 atom stereocenters. The van der Waals surface area contributed by atoms with Crippen LogP contribution in [0.5, 0.6) is 0 Å². The molecule has 1 aromatic carbocycles. The van der Waals surface area contributed by atoms with Gasteiger partial charge in [-0.3, -0.25) is 4.79 Å². The normalized spacial score (nSPS) is 10.8. The molecule has 0 heterocycles. The van der Waals surface area contributed by atoms with E-state index in [0.29, 0.717) is 12.3 Å². The van der Waals surface area contributed by atoms with E-state index < -0.39 is 5.97 Å². The summed E-state index contributed by atoms with van der Waals surface area (Å²) in [6, 6.07) is 7.90. The Balaban J connectivity index is 2.50. The Kier molecular flexibility index (Phi) is 5.65. The summed E-state index contributed by atoms with van der Waals surface area (Å²) in [5, 5.41) is 8.55. The molecule has 16 heavy (non-hydrogen) atoms. The minimum absolute atomic E-state index is 0.182. The molecule has 86 valence electrons. The maximum absolute atomic E-state index is 10.4. The van der Waals surface area contributed by atoms with Crippen molar-refractivity contribution in [3.05, 3.63) is 41.5 Å². The number of aryl methyl sites for hydroxylation is 1. The second-order valence-corrected chi connectivity index (χ2v) is 3.89. The summed E-state index contributed by atoms with van der Waals surface area (Å²) in [6.07, 6.45) is 5.67. The van der Waals surface area contributed by atoms with Gasteiger partial charge in [0.15, 0.2) is 0 Å². The molecule has 0 aliphatic heterocycles. The Bertz CT molecular complexity index is 355. The Labute approximate surface area is 101 Å². The molecule has 0 spiro atoms. The van der Waals surface area contributed by atoms with Gasteiger partial charge in [-0.15, -0.1) is 11.6 Å². The number of carbonyl (C=O) groups is 1. The topological polar surface area (TPSA) is 37.3 Å². The van der Waals surface area contributed by atoms with Crippen LogP contribution >= 0.6 is 11.6 Å². The predicted molar refractivity (Wildman–Crippen MR) is 66.8 cm³/mol. The van der Waals surface area contributed by atoms with Crippen molar-refractivity contribution in [1.29, 1.82) is 0 Å². The third-order valence-electron chi connectivity index (χ3n) is 2.19. The first-order valence-electron chi connectivity index (χ1n) is 5.25. The molecule has 0 saturated carbocycles. The number of allylic oxidation sites excluding steroid dienone is 1. The summed E-state index contributed by atoms with van der Waals surface area (Å²) in [5.41, 5.74) is 2.17. The maximum atomic E-state index is 10.4. The van der Waals surface area contributed by atoms with Crippen molar-refractivity contribution in [3.8, 4) is 0 Å². The van der Waals surface area contributed by atoms with E-state index in [9.17, 15) is 4.79 Å². The minimum atomic E-state index is -0.758. The molecule has 0 amide bonds. The summed E-state index contributed by atoms with van der Waals surface area (Å²) >= 11 is 5.56. The molecule has 2 nitrogen and oxygen atoms in total. The van der Waals surface area contributed by atoms with E-state index in [1.807, 2.05) is 36.4 Å². The quantitative estimate of drug-likeness (QED) is 0.772. The number of hydrogen-bond donors (Lipinski definition) is 1. The van der Waals surface area contributed by atoms with Gasteiger partial charge >= 0.3 is 5.97 Å². The molecule has 0 radical (unpaired) electrons. The van der Waals surface area contributed by atoms with Crippen LogP contribution in [0.3, 0.4) is 0 Å². The molecule has 3 heteroatoms. The van der Waals surface area contributed by atoms with Crippen LogP contribution in [0.2, 0.25) is 0 Å². The van der Waals surface area contributed by atoms with E-state index in [-0.39, 0.29) is 6.42 Å². The predicted octanol–water partition coefficient (Wildman–Crippen LogP) is 3.35. The average Bonchev–Trinajstić information content (AvgIpc) is 2.28. The fourth-order valence-corrected chi connectivity index (χ4v) is 1.46. The van der Waals surface area contributed by atoms with Gasteiger partial charge in [-0.2, -0.15) is 0 Å². The highest BCUT2D eigenvalue weighted by Gasteiger charge is 1.98. The van der Waals surface area contributed by atoms with Gasteiger partial charge in [0, 0.05) is 12.3 Å². The van der Waals surface area contributed by atoms with E-state index >= 15 is 0 Å². The number of halogens is 1. The molecule has 0 aromatic heterocycles. The van der Waals surface area contributed by atoms with Crippen LogP contribution in [-0.2, 0) is 11.2 Å². The molecule has 0 fully saturated rings. The number of carboxylic acid groups (broad SMARTS) is 1. The Morgan fingerprint density at radius 1 is 1.31 bits per heavy atom. The van der Waals surface area contributed by atoms with Gasteiger partial charge in [0.05, 0.1) is 0 Å². The lowest BCUT2D eigenvalue weighted by Gasteiger charge is -1.99. The number of alkyl halides is 1. The van der Waals surface area contributed by atoms with Crippen LogP contribution in [0, 0.1) is 0 Å². The van der Waals surface area contributed by atoms with Gasteiger partial charge in [-0.1, -0.05) is 36.4 Å². The van der Waals surface area contributed by atoms with Gasteiger partial charge in [-0.25, -0.2) is 0 Å². The standard InChI is InChI=1S/C13H15ClO2/c14-10-2-1-3-11-4-6-12(7-5-11)8-9-13(15)16/h1,3-7H,2,8-10H2,(H,15,16). The van der Waals surface area contributed by atoms with Crippen molar-refractivity contribution in [1.82, 2.24) is 0 Å². The monoisotopic (exact) mass is 238 g/mol. The molecular formula is C13H15ClO2. The molecule has 0 aliphatic rings. The molecule has 1 N–H and O–H groups in total. The molecule has 1 aromatic rings. The number of benzene rings is 1. The highest BCUT2D eigenvalue weighted by atomic mass is 35.5. The summed E-state index contributed by atoms with van der Waals surface area (Å²) in [5.74, 6) is -0.126. The summed E-state index contributed by atoms with van der Waals surface area (Å²) < 4.78 is 0. The molecule has 0 aliphatic carbocycles. The third kappa shape index (κ3) is 4.99. The number of rotatable bonds is 6. The highest BCUT2D eigenvalue weighted by molar-refractivity contribution is 6.17. The van der Waals surface area contributed by atoms with Gasteiger partial charge in [0.1, 0.15) is 0 Å². The molecular weight excluding hydrogens is 224 g/mol. The van der Waals surface area contributed by atoms with E-state index in [2.05, 4.69) is 0 Å². The van der Waals surface area contributed by atoms with Crippen LogP contribution in [0.1, 0.15) is 24.0 Å². The van der Waals surface area contributed by atoms with Crippen molar-refractivity contribution >= 4 is 23.6 Å². The molecule has 1 rings (SSSR count). The number of hydrogen-bond acceptors (Lipinski definition) is 1. The van der Waals surface area contributed by atoms with E-state index in [1.165, 1.54) is 0 Å². The van der Waals surface area contributed by atoms with Crippen molar-refractivity contribution in [3.63, 3.8) is 0 Å². The lowest BCUT2D eigenvalue weighted by Crippen LogP contribution is -1.97. The Hall–Kier alpha value is -1.28. The largest absolute Gasteiger partial charge is 0.481 e. The Morgan fingerprint density at radius 3 is 2.56 bits per heavy atom. The number of aliphatic carboxylic acids is 1. The maximum Gasteiger partial charge on any atom is 0.303 e. The number of carboxylic acids is 1. The zero-order valence-electron chi connectivity index (χ0n) is 9.03. The van der Waals surface area contributed by atoms with Crippen LogP contribution in [0.25, 0.3) is 6.08 Å². The van der Waals surface area contributed by atoms with Crippen molar-refractivity contribution in [2.24, 2.45) is 0 Å². The summed E-state index contributed by atoms with van der Waals surface area (Å²) in [6.45, 7) is 0. The SMILES string of the molecule is O=C(O)CCc1ccc(C=CCCCl)cc1. The highest BCUT2D eigenvalue weighted by Crippen LogP contribution is 2.08. The van der Waals surface area contributed by atoms with Gasteiger partial charge in [0.2, 0.25) is 0 Å². The first-order chi connectivity index (χ1) is 7.72. The fourth-order valence-electron chi connectivity index (χ4n) is 1.33. The zero-order chi connectivity index (χ0) is 11.8. The van der Waals surface area contributed by atoms with E-state index in [4.69, 9.17) is 16.7 Å². The second kappa shape index (κ2) is 7.07. The Morgan fingerprint density at radius 2 is 2.00 bits per heavy atom. The van der Waals surface area contributed by atoms with Crippen molar-refractivity contribution in [2.45, 2.75) is 19.3 Å². The first kappa shape index (κ1) is 12.8. The zero-order valence-corrected chi connectivity index (χ0v) is 9.78. The first-order valence-corrected chi connectivity index (χ1v) is 5.79. The fraction of sp³-hybridized carbons (Fsp3) is 0.308. The van der Waals surface area contributed by atoms with Crippen LogP contribution in [-0.4, -0.2) is 17.0 Å².